The molecular formula is CH8BF4NO. The molecule has 0 fully saturated rings. The summed E-state index contributed by atoms with van der Waals surface area (Å²) in [6.45, 7) is 0. The normalized spacial score (nSPS) is 8.25. The zero-order valence-corrected chi connectivity index (χ0v) is 4.30. The summed E-state index contributed by atoms with van der Waals surface area (Å²) in [5.74, 6) is 0. The summed E-state index contributed by atoms with van der Waals surface area (Å²) in [5, 5.41) is 0. The third kappa shape index (κ3) is 1450. The van der Waals surface area contributed by atoms with Crippen LogP contribution in [0.3, 0.4) is 0 Å². The molecule has 8 heavy (non-hydrogen) atoms. The Morgan fingerprint density at radius 2 is 1.00 bits per heavy atom. The van der Waals surface area contributed by atoms with Crippen LogP contribution in [0.5, 0.6) is 0 Å². The molecule has 0 saturated heterocycles. The van der Waals surface area contributed by atoms with Crippen LogP contribution in [0.25, 0.3) is 0 Å². The number of hydrogen-bond donors (Lipinski definition) is 1. The lowest BCUT2D eigenvalue weighted by molar-refractivity contribution is -0.325. The summed E-state index contributed by atoms with van der Waals surface area (Å²) < 4.78 is 39.0. The van der Waals surface area contributed by atoms with Gasteiger partial charge in [0.2, 0.25) is 0 Å². The maximum absolute atomic E-state index is 9.75. The topological polar surface area (TPSA) is 59.1 Å². The molecule has 0 aromatic rings. The van der Waals surface area contributed by atoms with Crippen molar-refractivity contribution in [2.75, 3.05) is 7.05 Å². The van der Waals surface area contributed by atoms with Gasteiger partial charge in [-0.3, -0.25) is 0 Å². The quantitative estimate of drug-likeness (QED) is 0.340. The first kappa shape index (κ1) is 15.6. The van der Waals surface area contributed by atoms with Crippen molar-refractivity contribution in [2.45, 2.75) is 0 Å². The Kier molecular flexibility index (Phi) is 13.1. The van der Waals surface area contributed by atoms with E-state index >= 15 is 0 Å². The Labute approximate surface area is 44.1 Å². The average molecular weight is 137 g/mol. The highest BCUT2D eigenvalue weighted by Gasteiger charge is 2.20. The third-order valence-electron chi connectivity index (χ3n) is 0. The molecule has 0 radical (unpaired) electrons. The predicted octanol–water partition coefficient (Wildman–Crippen LogP) is -0.667. The second-order valence-corrected chi connectivity index (χ2v) is 0.495. The largest absolute Gasteiger partial charge is 0.673 e. The molecule has 0 aromatic heterocycles. The third-order valence-corrected chi connectivity index (χ3v) is 0. The van der Waals surface area contributed by atoms with Gasteiger partial charge in [-0.05, 0) is 0 Å². The molecule has 0 rings (SSSR count). The molecule has 0 amide bonds. The van der Waals surface area contributed by atoms with Crippen LogP contribution < -0.4 is 5.73 Å². The van der Waals surface area contributed by atoms with Gasteiger partial charge in [0.15, 0.2) is 0 Å². The van der Waals surface area contributed by atoms with E-state index in [1.165, 1.54) is 0 Å². The second kappa shape index (κ2) is 6.70. The molecule has 0 aromatic carbocycles. The lowest BCUT2D eigenvalue weighted by Gasteiger charge is -1.94. The molecule has 0 bridgehead atoms. The smallest absolute Gasteiger partial charge is 0.418 e. The zero-order valence-electron chi connectivity index (χ0n) is 4.30. The van der Waals surface area contributed by atoms with Gasteiger partial charge in [0.25, 0.3) is 0 Å². The van der Waals surface area contributed by atoms with Gasteiger partial charge in [-0.1, -0.05) is 0 Å². The molecule has 0 saturated carbocycles. The van der Waals surface area contributed by atoms with Crippen molar-refractivity contribution in [3.05, 3.63) is 0 Å². The summed E-state index contributed by atoms with van der Waals surface area (Å²) in [6, 6.07) is 0. The van der Waals surface area contributed by atoms with E-state index in [1.54, 1.807) is 7.05 Å². The molecule has 54 valence electrons. The molecule has 7 heteroatoms. The molecule has 0 heterocycles. The lowest BCUT2D eigenvalue weighted by Crippen LogP contribution is -2.40. The van der Waals surface area contributed by atoms with Gasteiger partial charge in [0.05, 0.1) is 7.05 Å². The van der Waals surface area contributed by atoms with E-state index < -0.39 is 7.25 Å². The second-order valence-electron chi connectivity index (χ2n) is 0.495. The molecule has 0 aliphatic carbocycles. The van der Waals surface area contributed by atoms with Crippen molar-refractivity contribution in [1.29, 1.82) is 0 Å². The first-order valence-corrected chi connectivity index (χ1v) is 1.58. The van der Waals surface area contributed by atoms with Crippen LogP contribution in [0.2, 0.25) is 0 Å². The van der Waals surface area contributed by atoms with Crippen LogP contribution >= 0.6 is 0 Å². The molecular weight excluding hydrogens is 129 g/mol. The Bertz CT molecular complexity index is 31.5. The number of quaternary nitrogens is 1. The standard InChI is InChI=1S/CH5N.BF4.H2O/c1-2;2-1(3,4)5;/h2H2,1H3;;1H2/q;-1;/p+1. The van der Waals surface area contributed by atoms with E-state index in [0.29, 0.717) is 0 Å². The number of rotatable bonds is 0. The molecule has 0 aliphatic rings. The van der Waals surface area contributed by atoms with Gasteiger partial charge < -0.3 is 28.5 Å². The summed E-state index contributed by atoms with van der Waals surface area (Å²) in [4.78, 5) is 0. The van der Waals surface area contributed by atoms with Crippen molar-refractivity contribution >= 4 is 7.25 Å². The van der Waals surface area contributed by atoms with E-state index in [4.69, 9.17) is 0 Å². The Morgan fingerprint density at radius 3 is 1.00 bits per heavy atom. The van der Waals surface area contributed by atoms with Crippen LogP contribution in [0.1, 0.15) is 0 Å². The van der Waals surface area contributed by atoms with Crippen LogP contribution in [0.4, 0.5) is 17.3 Å². The minimum Gasteiger partial charge on any atom is -0.418 e. The minimum atomic E-state index is -6.00. The van der Waals surface area contributed by atoms with Crippen LogP contribution in [0, 0.1) is 0 Å². The van der Waals surface area contributed by atoms with E-state index in [0.717, 1.165) is 0 Å². The Morgan fingerprint density at radius 1 is 1.00 bits per heavy atom. The van der Waals surface area contributed by atoms with Gasteiger partial charge in [-0.25, -0.2) is 0 Å². The predicted molar refractivity (Wildman–Crippen MR) is 22.6 cm³/mol. The molecule has 2 nitrogen and oxygen atoms in total. The SMILES string of the molecule is C[NH3+].F[B-](F)(F)F.O. The summed E-state index contributed by atoms with van der Waals surface area (Å²) >= 11 is 0. The highest BCUT2D eigenvalue weighted by molar-refractivity contribution is 6.50. The molecule has 0 spiro atoms. The van der Waals surface area contributed by atoms with Crippen LogP contribution in [-0.4, -0.2) is 19.8 Å². The monoisotopic (exact) mass is 137 g/mol. The molecule has 0 aliphatic heterocycles. The van der Waals surface area contributed by atoms with Crippen LogP contribution in [-0.2, 0) is 0 Å². The maximum atomic E-state index is 9.75. The summed E-state index contributed by atoms with van der Waals surface area (Å²) in [5.41, 5.74) is 3.25. The fourth-order valence-corrected chi connectivity index (χ4v) is 0. The fourth-order valence-electron chi connectivity index (χ4n) is 0. The van der Waals surface area contributed by atoms with Crippen LogP contribution in [0.15, 0.2) is 0 Å². The van der Waals surface area contributed by atoms with Crippen molar-refractivity contribution < 1.29 is 28.5 Å². The molecule has 0 atom stereocenters. The van der Waals surface area contributed by atoms with Gasteiger partial charge in [-0.2, -0.15) is 0 Å². The summed E-state index contributed by atoms with van der Waals surface area (Å²) in [7, 11) is -4.25. The number of halogens is 4. The first-order valence-electron chi connectivity index (χ1n) is 1.58. The first-order chi connectivity index (χ1) is 3.00. The Balaban J connectivity index is -0.0000000750. The lowest BCUT2D eigenvalue weighted by atomic mass is 10.3. The van der Waals surface area contributed by atoms with Gasteiger partial charge >= 0.3 is 7.25 Å². The maximum Gasteiger partial charge on any atom is 0.673 e. The van der Waals surface area contributed by atoms with Gasteiger partial charge in [0.1, 0.15) is 0 Å². The summed E-state index contributed by atoms with van der Waals surface area (Å²) in [6.07, 6.45) is 0. The average Bonchev–Trinajstić information content (AvgIpc) is 1.36. The zero-order chi connectivity index (χ0) is 6.50. The minimum absolute atomic E-state index is 0. The fraction of sp³-hybridized carbons (Fsp3) is 1.00. The van der Waals surface area contributed by atoms with E-state index in [2.05, 4.69) is 5.73 Å². The molecule has 5 N–H and O–H groups in total. The van der Waals surface area contributed by atoms with Gasteiger partial charge in [-0.15, -0.1) is 0 Å². The van der Waals surface area contributed by atoms with Gasteiger partial charge in [0, 0.05) is 0 Å². The molecule has 0 unspecified atom stereocenters. The van der Waals surface area contributed by atoms with E-state index in [9.17, 15) is 17.3 Å². The highest BCUT2D eigenvalue weighted by Crippen LogP contribution is 2.06. The van der Waals surface area contributed by atoms with Crippen molar-refractivity contribution in [1.82, 2.24) is 0 Å². The van der Waals surface area contributed by atoms with Crippen molar-refractivity contribution in [3.8, 4) is 0 Å². The van der Waals surface area contributed by atoms with E-state index in [-0.39, 0.29) is 5.48 Å². The Hall–Kier alpha value is -0.295. The van der Waals surface area contributed by atoms with Crippen molar-refractivity contribution in [2.24, 2.45) is 0 Å². The van der Waals surface area contributed by atoms with E-state index in [1.807, 2.05) is 0 Å². The highest BCUT2D eigenvalue weighted by atomic mass is 19.5. The number of hydrogen-bond acceptors (Lipinski definition) is 0. The van der Waals surface area contributed by atoms with Crippen molar-refractivity contribution in [3.63, 3.8) is 0 Å².